The van der Waals surface area contributed by atoms with Crippen LogP contribution in [0.3, 0.4) is 0 Å². The zero-order valence-corrected chi connectivity index (χ0v) is 7.21. The molecule has 6 heteroatoms. The Labute approximate surface area is 79.2 Å². The Morgan fingerprint density at radius 2 is 2.43 bits per heavy atom. The molecule has 0 aliphatic heterocycles. The zero-order valence-electron chi connectivity index (χ0n) is 7.21. The normalized spacial score (nSPS) is 10.3. The van der Waals surface area contributed by atoms with E-state index in [1.165, 1.54) is 6.20 Å². The van der Waals surface area contributed by atoms with Gasteiger partial charge in [-0.1, -0.05) is 0 Å². The van der Waals surface area contributed by atoms with E-state index in [-0.39, 0.29) is 6.42 Å². The molecule has 0 radical (unpaired) electrons. The molecule has 0 atom stereocenters. The minimum atomic E-state index is -0.864. The Morgan fingerprint density at radius 1 is 1.57 bits per heavy atom. The Kier molecular flexibility index (Phi) is 2.02. The van der Waals surface area contributed by atoms with Gasteiger partial charge >= 0.3 is 5.97 Å². The maximum absolute atomic E-state index is 10.4. The van der Waals surface area contributed by atoms with Crippen LogP contribution in [0.5, 0.6) is 0 Å². The van der Waals surface area contributed by atoms with E-state index in [0.717, 1.165) is 5.69 Å². The number of carbonyl (C=O) groups is 1. The molecule has 2 rings (SSSR count). The number of hydrogen-bond donors (Lipinski definition) is 2. The van der Waals surface area contributed by atoms with Gasteiger partial charge in [0, 0.05) is 18.0 Å². The molecule has 0 fully saturated rings. The zero-order chi connectivity index (χ0) is 9.97. The van der Waals surface area contributed by atoms with Crippen LogP contribution in [0.1, 0.15) is 5.56 Å². The van der Waals surface area contributed by atoms with Crippen molar-refractivity contribution in [2.75, 3.05) is 0 Å². The smallest absolute Gasteiger partial charge is 0.307 e. The van der Waals surface area contributed by atoms with Crippen molar-refractivity contribution in [1.82, 2.24) is 20.0 Å². The number of H-pyrrole nitrogens is 1. The summed E-state index contributed by atoms with van der Waals surface area (Å²) in [7, 11) is 0. The maximum Gasteiger partial charge on any atom is 0.307 e. The molecule has 0 aromatic carbocycles. The Bertz CT molecular complexity index is 432. The molecule has 0 unspecified atom stereocenters. The van der Waals surface area contributed by atoms with E-state index in [1.807, 2.05) is 0 Å². The van der Waals surface area contributed by atoms with Crippen LogP contribution in [0.25, 0.3) is 5.69 Å². The lowest BCUT2D eigenvalue weighted by molar-refractivity contribution is -0.136. The largest absolute Gasteiger partial charge is 0.481 e. The summed E-state index contributed by atoms with van der Waals surface area (Å²) >= 11 is 0. The Balaban J connectivity index is 2.22. The van der Waals surface area contributed by atoms with E-state index < -0.39 is 5.97 Å². The van der Waals surface area contributed by atoms with Crippen molar-refractivity contribution in [2.45, 2.75) is 6.42 Å². The van der Waals surface area contributed by atoms with Crippen LogP contribution in [-0.2, 0) is 11.2 Å². The first-order chi connectivity index (χ1) is 6.75. The van der Waals surface area contributed by atoms with Crippen molar-refractivity contribution in [3.8, 4) is 5.69 Å². The lowest BCUT2D eigenvalue weighted by Gasteiger charge is -1.92. The first-order valence-corrected chi connectivity index (χ1v) is 4.00. The molecule has 6 nitrogen and oxygen atoms in total. The van der Waals surface area contributed by atoms with Crippen molar-refractivity contribution in [1.29, 1.82) is 0 Å². The number of carboxylic acids is 1. The Morgan fingerprint density at radius 3 is 3.07 bits per heavy atom. The van der Waals surface area contributed by atoms with Crippen LogP contribution in [0.4, 0.5) is 0 Å². The van der Waals surface area contributed by atoms with Crippen molar-refractivity contribution in [3.05, 3.63) is 30.4 Å². The highest BCUT2D eigenvalue weighted by Crippen LogP contribution is 2.05. The highest BCUT2D eigenvalue weighted by molar-refractivity contribution is 5.69. The molecular weight excluding hydrogens is 184 g/mol. The molecule has 2 heterocycles. The van der Waals surface area contributed by atoms with Gasteiger partial charge in [-0.25, -0.2) is 4.68 Å². The van der Waals surface area contributed by atoms with Crippen LogP contribution < -0.4 is 0 Å². The highest BCUT2D eigenvalue weighted by atomic mass is 16.4. The van der Waals surface area contributed by atoms with Crippen molar-refractivity contribution >= 4 is 5.97 Å². The molecule has 14 heavy (non-hydrogen) atoms. The molecule has 0 aliphatic rings. The van der Waals surface area contributed by atoms with Gasteiger partial charge in [0.15, 0.2) is 0 Å². The van der Waals surface area contributed by atoms with Gasteiger partial charge in [-0.2, -0.15) is 10.2 Å². The molecule has 0 aliphatic carbocycles. The molecule has 0 amide bonds. The molecule has 2 aromatic rings. The summed E-state index contributed by atoms with van der Waals surface area (Å²) in [4.78, 5) is 10.4. The summed E-state index contributed by atoms with van der Waals surface area (Å²) in [5, 5.41) is 19.0. The van der Waals surface area contributed by atoms with E-state index in [4.69, 9.17) is 5.11 Å². The molecule has 0 spiro atoms. The van der Waals surface area contributed by atoms with E-state index in [9.17, 15) is 4.79 Å². The number of nitrogens with zero attached hydrogens (tertiary/aromatic N) is 3. The van der Waals surface area contributed by atoms with Crippen LogP contribution in [0.2, 0.25) is 0 Å². The summed E-state index contributed by atoms with van der Waals surface area (Å²) in [6.07, 6.45) is 6.47. The molecule has 0 saturated carbocycles. The molecular formula is C8H8N4O2. The average Bonchev–Trinajstić information content (AvgIpc) is 2.69. The van der Waals surface area contributed by atoms with Gasteiger partial charge in [-0.15, -0.1) is 0 Å². The summed E-state index contributed by atoms with van der Waals surface area (Å²) in [6.45, 7) is 0. The number of aromatic amines is 1. The fraction of sp³-hybridized carbons (Fsp3) is 0.125. The van der Waals surface area contributed by atoms with E-state index in [1.54, 1.807) is 23.3 Å². The fourth-order valence-electron chi connectivity index (χ4n) is 1.14. The monoisotopic (exact) mass is 192 g/mol. The fourth-order valence-corrected chi connectivity index (χ4v) is 1.14. The third-order valence-electron chi connectivity index (χ3n) is 1.74. The maximum atomic E-state index is 10.4. The van der Waals surface area contributed by atoms with Gasteiger partial charge in [0.2, 0.25) is 0 Å². The van der Waals surface area contributed by atoms with E-state index >= 15 is 0 Å². The van der Waals surface area contributed by atoms with Crippen molar-refractivity contribution < 1.29 is 9.90 Å². The predicted molar refractivity (Wildman–Crippen MR) is 47.0 cm³/mol. The summed E-state index contributed by atoms with van der Waals surface area (Å²) in [6, 6.07) is 0. The van der Waals surface area contributed by atoms with E-state index in [0.29, 0.717) is 5.56 Å². The second-order valence-corrected chi connectivity index (χ2v) is 2.82. The van der Waals surface area contributed by atoms with Gasteiger partial charge in [0.25, 0.3) is 0 Å². The van der Waals surface area contributed by atoms with Crippen LogP contribution in [0.15, 0.2) is 24.8 Å². The van der Waals surface area contributed by atoms with Crippen LogP contribution in [0, 0.1) is 0 Å². The third kappa shape index (κ3) is 1.63. The standard InChI is InChI=1S/C8H8N4O2/c13-8(14)1-6-2-11-12(5-6)7-3-9-10-4-7/h2-5H,1H2,(H,9,10)(H,13,14). The van der Waals surface area contributed by atoms with Gasteiger partial charge in [0.05, 0.1) is 18.8 Å². The van der Waals surface area contributed by atoms with Crippen molar-refractivity contribution in [2.24, 2.45) is 0 Å². The number of carboxylic acid groups (broad SMARTS) is 1. The van der Waals surface area contributed by atoms with Gasteiger partial charge in [-0.05, 0) is 0 Å². The minimum absolute atomic E-state index is 0.0160. The summed E-state index contributed by atoms with van der Waals surface area (Å²) in [5.74, 6) is -0.864. The van der Waals surface area contributed by atoms with Gasteiger partial charge in [-0.3, -0.25) is 9.89 Å². The lowest BCUT2D eigenvalue weighted by Crippen LogP contribution is -1.98. The SMILES string of the molecule is O=C(O)Cc1cnn(-c2cn[nH]c2)c1. The molecule has 0 saturated heterocycles. The van der Waals surface area contributed by atoms with Crippen LogP contribution >= 0.6 is 0 Å². The number of aromatic nitrogens is 4. The first-order valence-electron chi connectivity index (χ1n) is 4.00. The van der Waals surface area contributed by atoms with Gasteiger partial charge in [0.1, 0.15) is 5.69 Å². The molecule has 2 N–H and O–H groups in total. The molecule has 0 bridgehead atoms. The quantitative estimate of drug-likeness (QED) is 0.728. The highest BCUT2D eigenvalue weighted by Gasteiger charge is 2.04. The summed E-state index contributed by atoms with van der Waals surface area (Å²) in [5.41, 5.74) is 1.44. The van der Waals surface area contributed by atoms with E-state index in [2.05, 4.69) is 15.3 Å². The Hall–Kier alpha value is -2.11. The number of aliphatic carboxylic acids is 1. The predicted octanol–water partition coefficient (Wildman–Crippen LogP) is 0.222. The first kappa shape index (κ1) is 8.49. The average molecular weight is 192 g/mol. The summed E-state index contributed by atoms with van der Waals surface area (Å²) < 4.78 is 1.57. The minimum Gasteiger partial charge on any atom is -0.481 e. The number of rotatable bonds is 3. The third-order valence-corrected chi connectivity index (χ3v) is 1.74. The number of hydrogen-bond acceptors (Lipinski definition) is 3. The van der Waals surface area contributed by atoms with Gasteiger partial charge < -0.3 is 5.11 Å². The van der Waals surface area contributed by atoms with Crippen molar-refractivity contribution in [3.63, 3.8) is 0 Å². The lowest BCUT2D eigenvalue weighted by atomic mass is 10.3. The molecule has 2 aromatic heterocycles. The second-order valence-electron chi connectivity index (χ2n) is 2.82. The second kappa shape index (κ2) is 3.33. The topological polar surface area (TPSA) is 83.8 Å². The van der Waals surface area contributed by atoms with Crippen LogP contribution in [-0.4, -0.2) is 31.1 Å². The molecule has 72 valence electrons. The number of nitrogens with one attached hydrogen (secondary N) is 1.